The molecule has 0 spiro atoms. The number of aromatic nitrogens is 2. The second-order valence-corrected chi connectivity index (χ2v) is 8.60. The average Bonchev–Trinajstić information content (AvgIpc) is 2.84. The van der Waals surface area contributed by atoms with E-state index in [1.54, 1.807) is 33.7 Å². The monoisotopic (exact) mass is 492 g/mol. The number of hydrogen-bond donors (Lipinski definition) is 1. The van der Waals surface area contributed by atoms with Crippen LogP contribution in [0.25, 0.3) is 10.9 Å². The van der Waals surface area contributed by atoms with Gasteiger partial charge in [-0.3, -0.25) is 9.36 Å². The zero-order valence-corrected chi connectivity index (χ0v) is 20.3. The van der Waals surface area contributed by atoms with Crippen LogP contribution in [0.15, 0.2) is 77.6 Å². The lowest BCUT2D eigenvalue weighted by molar-refractivity contribution is 0.175. The molecule has 3 aromatic carbocycles. The highest BCUT2D eigenvalue weighted by atomic mass is 35.5. The molecule has 1 heterocycles. The largest absolute Gasteiger partial charge is 0.322 e. The van der Waals surface area contributed by atoms with E-state index in [2.05, 4.69) is 5.32 Å². The molecule has 8 heteroatoms. The third kappa shape index (κ3) is 5.35. The van der Waals surface area contributed by atoms with Gasteiger partial charge in [0, 0.05) is 23.8 Å². The molecule has 0 saturated carbocycles. The van der Waals surface area contributed by atoms with E-state index in [1.165, 1.54) is 18.2 Å². The van der Waals surface area contributed by atoms with Gasteiger partial charge in [0.05, 0.1) is 16.9 Å². The summed E-state index contributed by atoms with van der Waals surface area (Å²) in [4.78, 5) is 33.3. The minimum Gasteiger partial charge on any atom is -0.310 e. The lowest BCUT2D eigenvalue weighted by Crippen LogP contribution is -2.40. The molecule has 1 atom stereocenters. The van der Waals surface area contributed by atoms with Crippen LogP contribution >= 0.6 is 11.6 Å². The number of carbonyl (C=O) groups excluding carboxylic acids is 1. The van der Waals surface area contributed by atoms with Crippen molar-refractivity contribution in [2.45, 2.75) is 39.4 Å². The Balaban J connectivity index is 1.82. The van der Waals surface area contributed by atoms with Gasteiger partial charge in [-0.2, -0.15) is 0 Å². The molecule has 6 nitrogen and oxygen atoms in total. The Bertz CT molecular complexity index is 1410. The number of amides is 2. The Labute approximate surface area is 208 Å². The molecule has 0 radical (unpaired) electrons. The fourth-order valence-electron chi connectivity index (χ4n) is 4.18. The standard InChI is InChI=1S/C27H26ClFN4O2/c1-3-24(25-31-23-15-19(28)13-14-22(23)26(34)32(25)4-2)33(17-18-9-6-5-7-10-18)27(35)30-21-12-8-11-20(29)16-21/h5-16,24H,3-4,17H2,1-2H3,(H,30,35). The van der Waals surface area contributed by atoms with Crippen molar-refractivity contribution in [1.82, 2.24) is 14.5 Å². The Morgan fingerprint density at radius 3 is 2.54 bits per heavy atom. The van der Waals surface area contributed by atoms with Crippen LogP contribution in [-0.2, 0) is 13.1 Å². The maximum Gasteiger partial charge on any atom is 0.322 e. The average molecular weight is 493 g/mol. The highest BCUT2D eigenvalue weighted by Gasteiger charge is 2.29. The van der Waals surface area contributed by atoms with Gasteiger partial charge in [0.2, 0.25) is 0 Å². The van der Waals surface area contributed by atoms with E-state index in [9.17, 15) is 14.0 Å². The second-order valence-electron chi connectivity index (χ2n) is 8.16. The quantitative estimate of drug-likeness (QED) is 0.325. The summed E-state index contributed by atoms with van der Waals surface area (Å²) in [7, 11) is 0. The number of anilines is 1. The van der Waals surface area contributed by atoms with Crippen molar-refractivity contribution in [3.63, 3.8) is 0 Å². The molecule has 180 valence electrons. The van der Waals surface area contributed by atoms with Crippen LogP contribution in [0.2, 0.25) is 5.02 Å². The van der Waals surface area contributed by atoms with Gasteiger partial charge in [-0.25, -0.2) is 14.2 Å². The molecule has 0 aliphatic heterocycles. The van der Waals surface area contributed by atoms with Crippen molar-refractivity contribution in [3.8, 4) is 0 Å². The van der Waals surface area contributed by atoms with E-state index in [-0.39, 0.29) is 12.1 Å². The first-order valence-corrected chi connectivity index (χ1v) is 11.9. The van der Waals surface area contributed by atoms with E-state index < -0.39 is 17.9 Å². The van der Waals surface area contributed by atoms with Crippen molar-refractivity contribution in [2.24, 2.45) is 0 Å². The molecule has 0 fully saturated rings. The SMILES string of the molecule is CCC(c1nc2cc(Cl)ccc2c(=O)n1CC)N(Cc1ccccc1)C(=O)Nc1cccc(F)c1. The summed E-state index contributed by atoms with van der Waals surface area (Å²) in [5.41, 5.74) is 1.54. The molecule has 0 saturated heterocycles. The summed E-state index contributed by atoms with van der Waals surface area (Å²) in [6, 6.07) is 19.3. The third-order valence-corrected chi connectivity index (χ3v) is 6.09. The van der Waals surface area contributed by atoms with Crippen molar-refractivity contribution in [1.29, 1.82) is 0 Å². The van der Waals surface area contributed by atoms with Crippen molar-refractivity contribution in [3.05, 3.63) is 105 Å². The molecule has 2 amide bonds. The summed E-state index contributed by atoms with van der Waals surface area (Å²) < 4.78 is 15.4. The first-order valence-electron chi connectivity index (χ1n) is 11.5. The summed E-state index contributed by atoms with van der Waals surface area (Å²) >= 11 is 6.18. The first kappa shape index (κ1) is 24.4. The molecule has 35 heavy (non-hydrogen) atoms. The van der Waals surface area contributed by atoms with Crippen molar-refractivity contribution >= 4 is 34.2 Å². The van der Waals surface area contributed by atoms with Gasteiger partial charge in [-0.05, 0) is 55.3 Å². The summed E-state index contributed by atoms with van der Waals surface area (Å²) in [5.74, 6) is 0.0254. The Morgan fingerprint density at radius 1 is 1.09 bits per heavy atom. The second kappa shape index (κ2) is 10.7. The van der Waals surface area contributed by atoms with Gasteiger partial charge in [-0.15, -0.1) is 0 Å². The molecule has 0 aliphatic rings. The Kier molecular flexibility index (Phi) is 7.46. The van der Waals surface area contributed by atoms with Crippen LogP contribution in [0, 0.1) is 5.82 Å². The minimum atomic E-state index is -0.528. The topological polar surface area (TPSA) is 67.2 Å². The molecule has 0 aliphatic carbocycles. The van der Waals surface area contributed by atoms with Crippen LogP contribution in [0.4, 0.5) is 14.9 Å². The first-order chi connectivity index (χ1) is 16.9. The normalized spacial score (nSPS) is 11.9. The van der Waals surface area contributed by atoms with Crippen molar-refractivity contribution < 1.29 is 9.18 Å². The van der Waals surface area contributed by atoms with Gasteiger partial charge in [0.1, 0.15) is 11.6 Å². The maximum absolute atomic E-state index is 13.8. The van der Waals surface area contributed by atoms with E-state index in [1.807, 2.05) is 44.2 Å². The summed E-state index contributed by atoms with van der Waals surface area (Å²) in [5, 5.41) is 3.74. The minimum absolute atomic E-state index is 0.187. The molecule has 0 bridgehead atoms. The van der Waals surface area contributed by atoms with Crippen LogP contribution in [0.3, 0.4) is 0 Å². The lowest BCUT2D eigenvalue weighted by Gasteiger charge is -2.32. The predicted octanol–water partition coefficient (Wildman–Crippen LogP) is 6.39. The highest BCUT2D eigenvalue weighted by molar-refractivity contribution is 6.31. The van der Waals surface area contributed by atoms with E-state index in [0.29, 0.717) is 40.4 Å². The smallest absolute Gasteiger partial charge is 0.310 e. The van der Waals surface area contributed by atoms with Gasteiger partial charge < -0.3 is 10.2 Å². The lowest BCUT2D eigenvalue weighted by atomic mass is 10.1. The van der Waals surface area contributed by atoms with E-state index in [4.69, 9.17) is 16.6 Å². The fraction of sp³-hybridized carbons (Fsp3) is 0.222. The zero-order valence-electron chi connectivity index (χ0n) is 19.5. The summed E-state index contributed by atoms with van der Waals surface area (Å²) in [6.07, 6.45) is 0.502. The predicted molar refractivity (Wildman–Crippen MR) is 137 cm³/mol. The molecule has 1 N–H and O–H groups in total. The third-order valence-electron chi connectivity index (χ3n) is 5.86. The number of halogens is 2. The van der Waals surface area contributed by atoms with Gasteiger partial charge in [-0.1, -0.05) is 54.9 Å². The molecular weight excluding hydrogens is 467 g/mol. The van der Waals surface area contributed by atoms with Gasteiger partial charge in [0.25, 0.3) is 5.56 Å². The van der Waals surface area contributed by atoms with Crippen LogP contribution < -0.4 is 10.9 Å². The fourth-order valence-corrected chi connectivity index (χ4v) is 4.35. The number of fused-ring (bicyclic) bond motifs is 1. The molecule has 4 aromatic rings. The number of rotatable bonds is 7. The number of hydrogen-bond acceptors (Lipinski definition) is 3. The Morgan fingerprint density at radius 2 is 1.86 bits per heavy atom. The molecule has 1 aromatic heterocycles. The number of nitrogens with one attached hydrogen (secondary N) is 1. The molecule has 1 unspecified atom stereocenters. The summed E-state index contributed by atoms with van der Waals surface area (Å²) in [6.45, 7) is 4.47. The van der Waals surface area contributed by atoms with Crippen LogP contribution in [0.1, 0.15) is 37.7 Å². The van der Waals surface area contributed by atoms with Gasteiger partial charge in [0.15, 0.2) is 0 Å². The number of benzene rings is 3. The number of nitrogens with zero attached hydrogens (tertiary/aromatic N) is 3. The van der Waals surface area contributed by atoms with Gasteiger partial charge >= 0.3 is 6.03 Å². The van der Waals surface area contributed by atoms with E-state index in [0.717, 1.165) is 5.56 Å². The van der Waals surface area contributed by atoms with Crippen molar-refractivity contribution in [2.75, 3.05) is 5.32 Å². The maximum atomic E-state index is 13.8. The highest BCUT2D eigenvalue weighted by Crippen LogP contribution is 2.27. The van der Waals surface area contributed by atoms with Crippen LogP contribution in [-0.4, -0.2) is 20.5 Å². The zero-order chi connectivity index (χ0) is 24.9. The molecule has 4 rings (SSSR count). The number of carbonyl (C=O) groups is 1. The molecular formula is C27H26ClFN4O2. The number of urea groups is 1. The Hall–Kier alpha value is -3.71. The van der Waals surface area contributed by atoms with Crippen LogP contribution in [0.5, 0.6) is 0 Å². The van der Waals surface area contributed by atoms with E-state index >= 15 is 0 Å².